The van der Waals surface area contributed by atoms with Crippen LogP contribution in [-0.2, 0) is 4.79 Å². The number of nitrogens with one attached hydrogen (secondary N) is 3. The Morgan fingerprint density at radius 2 is 2.06 bits per heavy atom. The first-order chi connectivity index (χ1) is 8.52. The number of carbonyl (C=O) groups excluding carboxylic acids is 1. The summed E-state index contributed by atoms with van der Waals surface area (Å²) in [5.74, 6) is -0.126. The minimum absolute atomic E-state index is 0.126. The molecule has 0 heterocycles. The van der Waals surface area contributed by atoms with Crippen LogP contribution in [0.15, 0.2) is 18.2 Å². The lowest BCUT2D eigenvalue weighted by Gasteiger charge is -2.12. The Hall–Kier alpha value is -1.04. The maximum atomic E-state index is 11.2. The zero-order valence-corrected chi connectivity index (χ0v) is 12.0. The zero-order valence-electron chi connectivity index (χ0n) is 9.72. The van der Waals surface area contributed by atoms with E-state index >= 15 is 0 Å². The first-order valence-electron chi connectivity index (χ1n) is 5.33. The number of hydrogen-bond donors (Lipinski definition) is 3. The van der Waals surface area contributed by atoms with Crippen molar-refractivity contribution in [1.82, 2.24) is 10.9 Å². The molecule has 0 aromatic heterocycles. The molecule has 0 saturated carbocycles. The van der Waals surface area contributed by atoms with Gasteiger partial charge in [0.1, 0.15) is 0 Å². The quantitative estimate of drug-likeness (QED) is 0.593. The summed E-state index contributed by atoms with van der Waals surface area (Å²) in [5.41, 5.74) is 5.63. The summed E-state index contributed by atoms with van der Waals surface area (Å²) in [6, 6.07) is 4.98. The average Bonchev–Trinajstić information content (AvgIpc) is 2.32. The van der Waals surface area contributed by atoms with Gasteiger partial charge in [0.15, 0.2) is 5.11 Å². The second kappa shape index (κ2) is 7.41. The smallest absolute Gasteiger partial charge is 0.238 e. The van der Waals surface area contributed by atoms with Gasteiger partial charge in [-0.15, -0.1) is 0 Å². The van der Waals surface area contributed by atoms with Crippen LogP contribution in [0.3, 0.4) is 0 Å². The van der Waals surface area contributed by atoms with Crippen LogP contribution in [0.5, 0.6) is 0 Å². The van der Waals surface area contributed by atoms with E-state index < -0.39 is 0 Å². The van der Waals surface area contributed by atoms with Crippen molar-refractivity contribution in [3.05, 3.63) is 28.2 Å². The molecular formula is C11H13Cl2N3OS. The number of amides is 1. The number of rotatable bonds is 3. The second-order valence-electron chi connectivity index (χ2n) is 3.50. The molecule has 0 unspecified atom stereocenters. The molecule has 1 amide bonds. The molecule has 0 spiro atoms. The summed E-state index contributed by atoms with van der Waals surface area (Å²) < 4.78 is 0. The lowest BCUT2D eigenvalue weighted by Crippen LogP contribution is -2.43. The molecule has 18 heavy (non-hydrogen) atoms. The van der Waals surface area contributed by atoms with E-state index in [4.69, 9.17) is 35.4 Å². The summed E-state index contributed by atoms with van der Waals surface area (Å²) >= 11 is 16.8. The van der Waals surface area contributed by atoms with Crippen LogP contribution in [0, 0.1) is 0 Å². The predicted molar refractivity (Wildman–Crippen MR) is 78.9 cm³/mol. The van der Waals surface area contributed by atoms with Gasteiger partial charge < -0.3 is 5.32 Å². The summed E-state index contributed by atoms with van der Waals surface area (Å²) in [4.78, 5) is 11.2. The van der Waals surface area contributed by atoms with Gasteiger partial charge in [0.05, 0.1) is 10.7 Å². The lowest BCUT2D eigenvalue weighted by atomic mass is 10.3. The van der Waals surface area contributed by atoms with Crippen molar-refractivity contribution < 1.29 is 4.79 Å². The van der Waals surface area contributed by atoms with Gasteiger partial charge in [0.2, 0.25) is 5.91 Å². The van der Waals surface area contributed by atoms with Crippen LogP contribution < -0.4 is 16.2 Å². The number of carbonyl (C=O) groups is 1. The monoisotopic (exact) mass is 305 g/mol. The Morgan fingerprint density at radius 1 is 1.33 bits per heavy atom. The van der Waals surface area contributed by atoms with E-state index in [9.17, 15) is 4.79 Å². The van der Waals surface area contributed by atoms with E-state index in [-0.39, 0.29) is 11.0 Å². The van der Waals surface area contributed by atoms with Crippen molar-refractivity contribution in [1.29, 1.82) is 0 Å². The molecule has 0 saturated heterocycles. The largest absolute Gasteiger partial charge is 0.330 e. The van der Waals surface area contributed by atoms with E-state index in [1.54, 1.807) is 18.2 Å². The molecule has 0 aliphatic rings. The van der Waals surface area contributed by atoms with Crippen LogP contribution in [-0.4, -0.2) is 11.0 Å². The van der Waals surface area contributed by atoms with Gasteiger partial charge in [-0.2, -0.15) is 0 Å². The molecule has 0 fully saturated rings. The molecule has 7 heteroatoms. The fourth-order valence-electron chi connectivity index (χ4n) is 1.16. The first-order valence-corrected chi connectivity index (χ1v) is 6.50. The maximum absolute atomic E-state index is 11.2. The maximum Gasteiger partial charge on any atom is 0.238 e. The van der Waals surface area contributed by atoms with Crippen LogP contribution in [0.4, 0.5) is 5.69 Å². The van der Waals surface area contributed by atoms with Crippen LogP contribution in [0.2, 0.25) is 10.0 Å². The van der Waals surface area contributed by atoms with Gasteiger partial charge in [-0.3, -0.25) is 15.6 Å². The van der Waals surface area contributed by atoms with Gasteiger partial charge >= 0.3 is 0 Å². The fourth-order valence-corrected chi connectivity index (χ4v) is 1.66. The van der Waals surface area contributed by atoms with Gasteiger partial charge in [0.25, 0.3) is 0 Å². The molecule has 3 N–H and O–H groups in total. The highest BCUT2D eigenvalue weighted by Gasteiger charge is 2.04. The SMILES string of the molecule is CCCC(=O)NNC(=S)Nc1cc(Cl)ccc1Cl. The van der Waals surface area contributed by atoms with Gasteiger partial charge in [-0.05, 0) is 36.8 Å². The minimum atomic E-state index is -0.126. The number of thiocarbonyl (C=S) groups is 1. The molecule has 98 valence electrons. The molecule has 0 atom stereocenters. The van der Waals surface area contributed by atoms with E-state index in [0.717, 1.165) is 6.42 Å². The third kappa shape index (κ3) is 5.08. The Kier molecular flexibility index (Phi) is 6.18. The standard InChI is InChI=1S/C11H13Cl2N3OS/c1-2-3-10(17)15-16-11(18)14-9-6-7(12)4-5-8(9)13/h4-6H,2-3H2,1H3,(H,15,17)(H2,14,16,18). The molecule has 4 nitrogen and oxygen atoms in total. The number of hydrazine groups is 1. The summed E-state index contributed by atoms with van der Waals surface area (Å²) in [6.07, 6.45) is 1.21. The average molecular weight is 306 g/mol. The van der Waals surface area contributed by atoms with Crippen molar-refractivity contribution in [2.45, 2.75) is 19.8 Å². The molecule has 0 aliphatic carbocycles. The highest BCUT2D eigenvalue weighted by molar-refractivity contribution is 7.80. The summed E-state index contributed by atoms with van der Waals surface area (Å²) in [7, 11) is 0. The van der Waals surface area contributed by atoms with Gasteiger partial charge in [-0.1, -0.05) is 30.1 Å². The third-order valence-electron chi connectivity index (χ3n) is 1.97. The zero-order chi connectivity index (χ0) is 13.5. The summed E-state index contributed by atoms with van der Waals surface area (Å²) in [6.45, 7) is 1.92. The number of benzene rings is 1. The summed E-state index contributed by atoms with van der Waals surface area (Å²) in [5, 5.41) is 4.11. The van der Waals surface area contributed by atoms with Crippen LogP contribution in [0.25, 0.3) is 0 Å². The molecule has 0 bridgehead atoms. The fraction of sp³-hybridized carbons (Fsp3) is 0.273. The molecule has 0 radical (unpaired) electrons. The number of halogens is 2. The Bertz CT molecular complexity index is 454. The molecule has 1 rings (SSSR count). The Labute approximate surface area is 121 Å². The van der Waals surface area contributed by atoms with E-state index in [2.05, 4.69) is 16.2 Å². The highest BCUT2D eigenvalue weighted by atomic mass is 35.5. The topological polar surface area (TPSA) is 53.2 Å². The molecule has 0 aliphatic heterocycles. The van der Waals surface area contributed by atoms with Crippen molar-refractivity contribution >= 4 is 52.1 Å². The van der Waals surface area contributed by atoms with Gasteiger partial charge in [0, 0.05) is 11.4 Å². The first kappa shape index (κ1) is 15.0. The van der Waals surface area contributed by atoms with E-state index in [1.807, 2.05) is 6.92 Å². The van der Waals surface area contributed by atoms with Crippen LogP contribution >= 0.6 is 35.4 Å². The normalized spacial score (nSPS) is 9.72. The van der Waals surface area contributed by atoms with Crippen LogP contribution in [0.1, 0.15) is 19.8 Å². The Balaban J connectivity index is 2.49. The van der Waals surface area contributed by atoms with Crippen molar-refractivity contribution in [2.75, 3.05) is 5.32 Å². The molecule has 1 aromatic carbocycles. The van der Waals surface area contributed by atoms with E-state index in [1.165, 1.54) is 0 Å². The Morgan fingerprint density at radius 3 is 2.72 bits per heavy atom. The van der Waals surface area contributed by atoms with E-state index in [0.29, 0.717) is 22.2 Å². The predicted octanol–water partition coefficient (Wildman–Crippen LogP) is 3.11. The van der Waals surface area contributed by atoms with Crippen molar-refractivity contribution in [3.8, 4) is 0 Å². The number of anilines is 1. The highest BCUT2D eigenvalue weighted by Crippen LogP contribution is 2.25. The van der Waals surface area contributed by atoms with Crippen molar-refractivity contribution in [2.24, 2.45) is 0 Å². The number of hydrogen-bond acceptors (Lipinski definition) is 2. The molecule has 1 aromatic rings. The van der Waals surface area contributed by atoms with Crippen molar-refractivity contribution in [3.63, 3.8) is 0 Å². The lowest BCUT2D eigenvalue weighted by molar-refractivity contribution is -0.121. The minimum Gasteiger partial charge on any atom is -0.330 e. The molecular weight excluding hydrogens is 293 g/mol. The third-order valence-corrected chi connectivity index (χ3v) is 2.74. The van der Waals surface area contributed by atoms with Gasteiger partial charge in [-0.25, -0.2) is 0 Å². The second-order valence-corrected chi connectivity index (χ2v) is 4.75.